The minimum atomic E-state index is -0.253. The number of aliphatic hydroxyl groups is 1. The molecular formula is C13H24N4O2. The van der Waals surface area contributed by atoms with E-state index in [0.29, 0.717) is 18.8 Å². The fourth-order valence-electron chi connectivity index (χ4n) is 1.69. The molecule has 1 aromatic rings. The molecule has 1 rings (SSSR count). The van der Waals surface area contributed by atoms with Crippen LogP contribution in [-0.2, 0) is 13.5 Å². The van der Waals surface area contributed by atoms with Crippen molar-refractivity contribution in [1.29, 1.82) is 0 Å². The number of amides is 2. The van der Waals surface area contributed by atoms with Crippen LogP contribution >= 0.6 is 0 Å². The molecule has 2 amide bonds. The highest BCUT2D eigenvalue weighted by Gasteiger charge is 2.18. The number of aliphatic hydroxyl groups excluding tert-OH is 1. The van der Waals surface area contributed by atoms with Gasteiger partial charge < -0.3 is 10.4 Å². The Bertz CT molecular complexity index is 426. The molecule has 19 heavy (non-hydrogen) atoms. The van der Waals surface area contributed by atoms with E-state index in [-0.39, 0.29) is 18.1 Å². The van der Waals surface area contributed by atoms with Crippen LogP contribution in [0.25, 0.3) is 0 Å². The summed E-state index contributed by atoms with van der Waals surface area (Å²) in [6.07, 6.45) is 1.49. The minimum absolute atomic E-state index is 0.118. The Balaban J connectivity index is 2.49. The maximum absolute atomic E-state index is 11.8. The summed E-state index contributed by atoms with van der Waals surface area (Å²) in [4.78, 5) is 11.8. The van der Waals surface area contributed by atoms with E-state index in [1.807, 2.05) is 26.8 Å². The Morgan fingerprint density at radius 3 is 2.74 bits per heavy atom. The van der Waals surface area contributed by atoms with Gasteiger partial charge >= 0.3 is 6.03 Å². The summed E-state index contributed by atoms with van der Waals surface area (Å²) < 4.78 is 1.65. The van der Waals surface area contributed by atoms with E-state index in [2.05, 4.69) is 15.7 Å². The lowest BCUT2D eigenvalue weighted by atomic mass is 9.90. The lowest BCUT2D eigenvalue weighted by Gasteiger charge is -2.23. The second-order valence-electron chi connectivity index (χ2n) is 5.44. The quantitative estimate of drug-likeness (QED) is 0.731. The Morgan fingerprint density at radius 1 is 1.53 bits per heavy atom. The first-order chi connectivity index (χ1) is 8.88. The predicted octanol–water partition coefficient (Wildman–Crippen LogP) is 1.51. The van der Waals surface area contributed by atoms with Gasteiger partial charge in [0.1, 0.15) is 5.82 Å². The number of carbonyl (C=O) groups is 1. The number of urea groups is 1. The fourth-order valence-corrected chi connectivity index (χ4v) is 1.69. The Morgan fingerprint density at radius 2 is 2.21 bits per heavy atom. The molecule has 1 heterocycles. The zero-order chi connectivity index (χ0) is 14.5. The van der Waals surface area contributed by atoms with Crippen LogP contribution < -0.4 is 10.6 Å². The Kier molecular flexibility index (Phi) is 5.35. The van der Waals surface area contributed by atoms with E-state index in [0.717, 1.165) is 12.1 Å². The van der Waals surface area contributed by atoms with E-state index < -0.39 is 0 Å². The highest BCUT2D eigenvalue weighted by molar-refractivity contribution is 5.88. The number of hydrogen-bond acceptors (Lipinski definition) is 3. The van der Waals surface area contributed by atoms with Gasteiger partial charge in [0.05, 0.1) is 5.69 Å². The summed E-state index contributed by atoms with van der Waals surface area (Å²) >= 11 is 0. The number of rotatable bonds is 6. The van der Waals surface area contributed by atoms with Gasteiger partial charge in [-0.2, -0.15) is 5.10 Å². The molecule has 0 unspecified atom stereocenters. The molecule has 1 aromatic heterocycles. The molecule has 108 valence electrons. The normalized spacial score (nSPS) is 11.4. The molecule has 0 spiro atoms. The second-order valence-corrected chi connectivity index (χ2v) is 5.44. The van der Waals surface area contributed by atoms with Crippen molar-refractivity contribution in [3.05, 3.63) is 11.8 Å². The minimum Gasteiger partial charge on any atom is -0.396 e. The van der Waals surface area contributed by atoms with Crippen LogP contribution in [0.3, 0.4) is 0 Å². The number of nitrogens with one attached hydrogen (secondary N) is 2. The average molecular weight is 268 g/mol. The number of anilines is 1. The summed E-state index contributed by atoms with van der Waals surface area (Å²) in [6.45, 7) is 6.66. The third kappa shape index (κ3) is 4.90. The Labute approximate surface area is 114 Å². The van der Waals surface area contributed by atoms with Gasteiger partial charge in [-0.05, 0) is 18.3 Å². The Hall–Kier alpha value is -1.56. The van der Waals surface area contributed by atoms with Crippen LogP contribution in [0, 0.1) is 5.41 Å². The molecular weight excluding hydrogens is 244 g/mol. The third-order valence-electron chi connectivity index (χ3n) is 3.05. The van der Waals surface area contributed by atoms with E-state index in [1.165, 1.54) is 0 Å². The summed E-state index contributed by atoms with van der Waals surface area (Å²) in [5, 5.41) is 18.8. The number of nitrogens with zero attached hydrogens (tertiary/aromatic N) is 2. The van der Waals surface area contributed by atoms with E-state index in [1.54, 1.807) is 11.7 Å². The molecule has 0 aromatic carbocycles. The number of hydrogen-bond donors (Lipinski definition) is 3. The average Bonchev–Trinajstić information content (AvgIpc) is 2.68. The molecule has 6 heteroatoms. The van der Waals surface area contributed by atoms with Crippen molar-refractivity contribution in [3.63, 3.8) is 0 Å². The van der Waals surface area contributed by atoms with Crippen molar-refractivity contribution in [2.45, 2.75) is 33.6 Å². The zero-order valence-electron chi connectivity index (χ0n) is 12.2. The van der Waals surface area contributed by atoms with Gasteiger partial charge in [-0.25, -0.2) is 4.79 Å². The summed E-state index contributed by atoms with van der Waals surface area (Å²) in [6, 6.07) is 1.61. The molecule has 3 N–H and O–H groups in total. The van der Waals surface area contributed by atoms with E-state index in [4.69, 9.17) is 5.11 Å². The molecule has 0 saturated carbocycles. The van der Waals surface area contributed by atoms with Crippen molar-refractivity contribution >= 4 is 11.8 Å². The van der Waals surface area contributed by atoms with Crippen LogP contribution in [0.1, 0.15) is 32.9 Å². The molecule has 0 aliphatic heterocycles. The SMILES string of the molecule is CCc1cc(NC(=O)NCC(C)(C)CCO)n(C)n1. The molecule has 0 saturated heterocycles. The van der Waals surface area contributed by atoms with Gasteiger partial charge in [-0.1, -0.05) is 20.8 Å². The standard InChI is InChI=1S/C13H24N4O2/c1-5-10-8-11(17(4)16-10)15-12(19)14-9-13(2,3)6-7-18/h8,18H,5-7,9H2,1-4H3,(H2,14,15,19). The topological polar surface area (TPSA) is 79.2 Å². The van der Waals surface area contributed by atoms with Gasteiger partial charge in [0.15, 0.2) is 0 Å². The van der Waals surface area contributed by atoms with E-state index >= 15 is 0 Å². The number of carbonyl (C=O) groups excluding carboxylic acids is 1. The summed E-state index contributed by atoms with van der Waals surface area (Å²) in [5.41, 5.74) is 0.825. The highest BCUT2D eigenvalue weighted by Crippen LogP contribution is 2.18. The first kappa shape index (κ1) is 15.5. The highest BCUT2D eigenvalue weighted by atomic mass is 16.3. The van der Waals surface area contributed by atoms with Crippen molar-refractivity contribution in [2.75, 3.05) is 18.5 Å². The molecule has 0 radical (unpaired) electrons. The van der Waals surface area contributed by atoms with Crippen molar-refractivity contribution in [2.24, 2.45) is 12.5 Å². The van der Waals surface area contributed by atoms with Crippen LogP contribution in [0.2, 0.25) is 0 Å². The molecule has 0 fully saturated rings. The largest absolute Gasteiger partial charge is 0.396 e. The lowest BCUT2D eigenvalue weighted by Crippen LogP contribution is -2.37. The third-order valence-corrected chi connectivity index (χ3v) is 3.05. The van der Waals surface area contributed by atoms with Gasteiger partial charge in [0, 0.05) is 26.3 Å². The van der Waals surface area contributed by atoms with Gasteiger partial charge in [0.2, 0.25) is 0 Å². The van der Waals surface area contributed by atoms with Crippen molar-refractivity contribution < 1.29 is 9.90 Å². The first-order valence-corrected chi connectivity index (χ1v) is 6.56. The maximum Gasteiger partial charge on any atom is 0.320 e. The molecule has 0 atom stereocenters. The molecule has 6 nitrogen and oxygen atoms in total. The van der Waals surface area contributed by atoms with Crippen LogP contribution in [-0.4, -0.2) is 34.1 Å². The smallest absolute Gasteiger partial charge is 0.320 e. The number of aryl methyl sites for hydroxylation is 2. The lowest BCUT2D eigenvalue weighted by molar-refractivity contribution is 0.204. The van der Waals surface area contributed by atoms with E-state index in [9.17, 15) is 4.79 Å². The van der Waals surface area contributed by atoms with Crippen LogP contribution in [0.5, 0.6) is 0 Å². The van der Waals surface area contributed by atoms with Crippen molar-refractivity contribution in [3.8, 4) is 0 Å². The monoisotopic (exact) mass is 268 g/mol. The fraction of sp³-hybridized carbons (Fsp3) is 0.692. The van der Waals surface area contributed by atoms with Gasteiger partial charge in [-0.3, -0.25) is 10.00 Å². The molecule has 0 aliphatic carbocycles. The summed E-state index contributed by atoms with van der Waals surface area (Å²) in [5.74, 6) is 0.675. The predicted molar refractivity (Wildman–Crippen MR) is 75.1 cm³/mol. The van der Waals surface area contributed by atoms with Crippen LogP contribution in [0.15, 0.2) is 6.07 Å². The molecule has 0 aliphatic rings. The van der Waals surface area contributed by atoms with Crippen LogP contribution in [0.4, 0.5) is 10.6 Å². The molecule has 0 bridgehead atoms. The second kappa shape index (κ2) is 6.56. The van der Waals surface area contributed by atoms with Gasteiger partial charge in [0.25, 0.3) is 0 Å². The van der Waals surface area contributed by atoms with Gasteiger partial charge in [-0.15, -0.1) is 0 Å². The summed E-state index contributed by atoms with van der Waals surface area (Å²) in [7, 11) is 1.80. The zero-order valence-corrected chi connectivity index (χ0v) is 12.2. The maximum atomic E-state index is 11.8. The number of aromatic nitrogens is 2. The first-order valence-electron chi connectivity index (χ1n) is 6.56. The van der Waals surface area contributed by atoms with Crippen molar-refractivity contribution in [1.82, 2.24) is 15.1 Å².